The van der Waals surface area contributed by atoms with Gasteiger partial charge in [-0.2, -0.15) is 0 Å². The standard InChI is InChI=1S/C22H26N4O3/c1-14-6-8-15(9-7-14)26-18(19(27)24-22(2,3)4)13-25(5)20(28)16-10-11-23-12-17(16)21(26)29/h6-12,18H,13H2,1-5H3,(H,24,27). The summed E-state index contributed by atoms with van der Waals surface area (Å²) in [5.41, 5.74) is 1.60. The van der Waals surface area contributed by atoms with E-state index in [4.69, 9.17) is 0 Å². The summed E-state index contributed by atoms with van der Waals surface area (Å²) in [6, 6.07) is 8.05. The highest BCUT2D eigenvalue weighted by atomic mass is 16.2. The van der Waals surface area contributed by atoms with Gasteiger partial charge >= 0.3 is 0 Å². The summed E-state index contributed by atoms with van der Waals surface area (Å²) in [6.07, 6.45) is 2.87. The van der Waals surface area contributed by atoms with Gasteiger partial charge in [-0.15, -0.1) is 0 Å². The zero-order chi connectivity index (χ0) is 21.3. The number of carbonyl (C=O) groups is 3. The number of carbonyl (C=O) groups excluding carboxylic acids is 3. The van der Waals surface area contributed by atoms with Crippen LogP contribution in [0, 0.1) is 6.92 Å². The second-order valence-electron chi connectivity index (χ2n) is 8.37. The highest BCUT2D eigenvalue weighted by Crippen LogP contribution is 2.26. The summed E-state index contributed by atoms with van der Waals surface area (Å²) >= 11 is 0. The van der Waals surface area contributed by atoms with Crippen LogP contribution in [0.3, 0.4) is 0 Å². The highest BCUT2D eigenvalue weighted by molar-refractivity contribution is 6.16. The van der Waals surface area contributed by atoms with Crippen LogP contribution in [-0.4, -0.2) is 52.8 Å². The van der Waals surface area contributed by atoms with Crippen LogP contribution in [-0.2, 0) is 4.79 Å². The van der Waals surface area contributed by atoms with Gasteiger partial charge in [0.15, 0.2) is 0 Å². The van der Waals surface area contributed by atoms with E-state index in [-0.39, 0.29) is 29.5 Å². The molecule has 7 nitrogen and oxygen atoms in total. The van der Waals surface area contributed by atoms with Crippen LogP contribution in [0.4, 0.5) is 5.69 Å². The molecule has 0 fully saturated rings. The number of anilines is 1. The Morgan fingerprint density at radius 3 is 2.34 bits per heavy atom. The topological polar surface area (TPSA) is 82.6 Å². The number of likely N-dealkylation sites (N-methyl/N-ethyl adjacent to an activating group) is 1. The molecular weight excluding hydrogens is 368 g/mol. The van der Waals surface area contributed by atoms with Crippen LogP contribution in [0.25, 0.3) is 0 Å². The lowest BCUT2D eigenvalue weighted by Crippen LogP contribution is -2.59. The van der Waals surface area contributed by atoms with E-state index in [2.05, 4.69) is 10.3 Å². The molecule has 1 N–H and O–H groups in total. The van der Waals surface area contributed by atoms with Crippen molar-refractivity contribution in [3.05, 3.63) is 59.4 Å². The van der Waals surface area contributed by atoms with Crippen LogP contribution >= 0.6 is 0 Å². The van der Waals surface area contributed by atoms with E-state index in [1.165, 1.54) is 28.3 Å². The second kappa shape index (κ2) is 7.66. The van der Waals surface area contributed by atoms with Crippen molar-refractivity contribution < 1.29 is 14.4 Å². The smallest absolute Gasteiger partial charge is 0.261 e. The Balaban J connectivity index is 2.17. The lowest BCUT2D eigenvalue weighted by Gasteiger charge is -2.37. The van der Waals surface area contributed by atoms with Gasteiger partial charge in [-0.25, -0.2) is 0 Å². The van der Waals surface area contributed by atoms with Crippen LogP contribution in [0.5, 0.6) is 0 Å². The van der Waals surface area contributed by atoms with Gasteiger partial charge in [0.2, 0.25) is 5.91 Å². The fraction of sp³-hybridized carbons (Fsp3) is 0.364. The summed E-state index contributed by atoms with van der Waals surface area (Å²) < 4.78 is 0. The lowest BCUT2D eigenvalue weighted by atomic mass is 10.0. The van der Waals surface area contributed by atoms with E-state index >= 15 is 0 Å². The van der Waals surface area contributed by atoms with Gasteiger partial charge in [0.1, 0.15) is 6.04 Å². The van der Waals surface area contributed by atoms with E-state index in [0.717, 1.165) is 5.56 Å². The molecule has 1 aliphatic rings. The Morgan fingerprint density at radius 2 is 1.72 bits per heavy atom. The molecule has 7 heteroatoms. The maximum atomic E-state index is 13.5. The van der Waals surface area contributed by atoms with Gasteiger partial charge < -0.3 is 10.2 Å². The average Bonchev–Trinajstić information content (AvgIpc) is 2.66. The van der Waals surface area contributed by atoms with E-state index in [1.807, 2.05) is 52.0 Å². The van der Waals surface area contributed by atoms with E-state index in [0.29, 0.717) is 5.69 Å². The fourth-order valence-corrected chi connectivity index (χ4v) is 3.31. The zero-order valence-electron chi connectivity index (χ0n) is 17.4. The number of amides is 3. The molecule has 0 saturated carbocycles. The molecule has 0 saturated heterocycles. The molecule has 0 radical (unpaired) electrons. The minimum Gasteiger partial charge on any atom is -0.350 e. The molecule has 2 aromatic rings. The Labute approximate surface area is 170 Å². The first kappa shape index (κ1) is 20.5. The molecule has 1 unspecified atom stereocenters. The highest BCUT2D eigenvalue weighted by Gasteiger charge is 2.39. The predicted molar refractivity (Wildman–Crippen MR) is 111 cm³/mol. The SMILES string of the molecule is Cc1ccc(N2C(=O)c3cnccc3C(=O)N(C)CC2C(=O)NC(C)(C)C)cc1. The van der Waals surface area contributed by atoms with E-state index in [1.54, 1.807) is 7.05 Å². The van der Waals surface area contributed by atoms with Gasteiger partial charge in [-0.3, -0.25) is 24.3 Å². The fourth-order valence-electron chi connectivity index (χ4n) is 3.31. The third-order valence-electron chi connectivity index (χ3n) is 4.72. The van der Waals surface area contributed by atoms with Crippen LogP contribution in [0.1, 0.15) is 47.1 Å². The molecule has 3 rings (SSSR count). The Kier molecular flexibility index (Phi) is 5.42. The van der Waals surface area contributed by atoms with Gasteiger partial charge in [0.05, 0.1) is 17.7 Å². The molecule has 1 aromatic carbocycles. The molecule has 29 heavy (non-hydrogen) atoms. The third kappa shape index (κ3) is 4.29. The summed E-state index contributed by atoms with van der Waals surface area (Å²) in [6.45, 7) is 7.65. The predicted octanol–water partition coefficient (Wildman–Crippen LogP) is 2.41. The van der Waals surface area contributed by atoms with Gasteiger partial charge in [0.25, 0.3) is 11.8 Å². The number of nitrogens with one attached hydrogen (secondary N) is 1. The molecule has 1 aliphatic heterocycles. The van der Waals surface area contributed by atoms with E-state index in [9.17, 15) is 14.4 Å². The zero-order valence-corrected chi connectivity index (χ0v) is 17.4. The Bertz CT molecular complexity index is 947. The maximum Gasteiger partial charge on any atom is 0.261 e. The number of hydrogen-bond acceptors (Lipinski definition) is 4. The van der Waals surface area contributed by atoms with Gasteiger partial charge in [0, 0.05) is 30.7 Å². The molecule has 1 aromatic heterocycles. The van der Waals surface area contributed by atoms with Gasteiger partial charge in [-0.05, 0) is 45.9 Å². The van der Waals surface area contributed by atoms with Crippen LogP contribution in [0.15, 0.2) is 42.7 Å². The number of nitrogens with zero attached hydrogens (tertiary/aromatic N) is 3. The molecule has 2 heterocycles. The van der Waals surface area contributed by atoms with Crippen molar-refractivity contribution in [1.29, 1.82) is 0 Å². The maximum absolute atomic E-state index is 13.5. The number of fused-ring (bicyclic) bond motifs is 1. The quantitative estimate of drug-likeness (QED) is 0.848. The van der Waals surface area contributed by atoms with Crippen LogP contribution in [0.2, 0.25) is 0 Å². The van der Waals surface area contributed by atoms with Crippen molar-refractivity contribution in [2.24, 2.45) is 0 Å². The first-order valence-corrected chi connectivity index (χ1v) is 9.50. The number of pyridine rings is 1. The van der Waals surface area contributed by atoms with Crippen molar-refractivity contribution in [1.82, 2.24) is 15.2 Å². The van der Waals surface area contributed by atoms with Gasteiger partial charge in [-0.1, -0.05) is 17.7 Å². The molecular formula is C22H26N4O3. The molecule has 152 valence electrons. The van der Waals surface area contributed by atoms with Crippen molar-refractivity contribution in [2.45, 2.75) is 39.3 Å². The molecule has 1 atom stereocenters. The van der Waals surface area contributed by atoms with Crippen LogP contribution < -0.4 is 10.2 Å². The van der Waals surface area contributed by atoms with Crippen molar-refractivity contribution in [2.75, 3.05) is 18.5 Å². The first-order chi connectivity index (χ1) is 13.6. The second-order valence-corrected chi connectivity index (χ2v) is 8.37. The van der Waals surface area contributed by atoms with Crippen molar-refractivity contribution in [3.63, 3.8) is 0 Å². The lowest BCUT2D eigenvalue weighted by molar-refractivity contribution is -0.124. The molecule has 3 amide bonds. The largest absolute Gasteiger partial charge is 0.350 e. The number of aromatic nitrogens is 1. The number of benzene rings is 1. The van der Waals surface area contributed by atoms with E-state index < -0.39 is 17.5 Å². The summed E-state index contributed by atoms with van der Waals surface area (Å²) in [7, 11) is 1.63. The summed E-state index contributed by atoms with van der Waals surface area (Å²) in [5, 5.41) is 2.94. The minimum absolute atomic E-state index is 0.0716. The third-order valence-corrected chi connectivity index (χ3v) is 4.72. The Hall–Kier alpha value is -3.22. The average molecular weight is 394 g/mol. The summed E-state index contributed by atoms with van der Waals surface area (Å²) in [5.74, 6) is -1.06. The minimum atomic E-state index is -0.883. The number of hydrogen-bond donors (Lipinski definition) is 1. The first-order valence-electron chi connectivity index (χ1n) is 9.50. The normalized spacial score (nSPS) is 17.5. The molecule has 0 spiro atoms. The van der Waals surface area contributed by atoms with Crippen molar-refractivity contribution in [3.8, 4) is 0 Å². The molecule has 0 aliphatic carbocycles. The monoisotopic (exact) mass is 394 g/mol. The Morgan fingerprint density at radius 1 is 1.07 bits per heavy atom. The number of rotatable bonds is 2. The molecule has 0 bridgehead atoms. The summed E-state index contributed by atoms with van der Waals surface area (Å²) in [4.78, 5) is 46.6. The van der Waals surface area contributed by atoms with Crippen molar-refractivity contribution >= 4 is 23.4 Å². The number of aryl methyl sites for hydroxylation is 1.